The third-order valence-corrected chi connectivity index (χ3v) is 2.47. The summed E-state index contributed by atoms with van der Waals surface area (Å²) in [6.45, 7) is 3.33. The van der Waals surface area contributed by atoms with Crippen LogP contribution in [0.25, 0.3) is 0 Å². The first kappa shape index (κ1) is 14.2. The lowest BCUT2D eigenvalue weighted by atomic mass is 10.1. The molecule has 1 aromatic carbocycles. The van der Waals surface area contributed by atoms with Crippen molar-refractivity contribution in [2.75, 3.05) is 18.5 Å². The summed E-state index contributed by atoms with van der Waals surface area (Å²) in [4.78, 5) is 21.7. The largest absolute Gasteiger partial charge is 0.480 e. The van der Waals surface area contributed by atoms with Gasteiger partial charge in [-0.1, -0.05) is 13.0 Å². The van der Waals surface area contributed by atoms with Crippen LogP contribution in [0.1, 0.15) is 18.1 Å². The maximum atomic E-state index is 11.4. The van der Waals surface area contributed by atoms with E-state index in [2.05, 4.69) is 5.32 Å². The Kier molecular flexibility index (Phi) is 5.32. The van der Waals surface area contributed by atoms with Crippen LogP contribution in [0, 0.1) is 6.92 Å². The molecular formula is C13H17NO4. The summed E-state index contributed by atoms with van der Waals surface area (Å²) in [7, 11) is 0. The molecule has 1 aromatic rings. The van der Waals surface area contributed by atoms with Gasteiger partial charge in [-0.2, -0.15) is 0 Å². The second-order valence-electron chi connectivity index (χ2n) is 3.93. The molecule has 0 atom stereocenters. The average Bonchev–Trinajstić information content (AvgIpc) is 2.31. The van der Waals surface area contributed by atoms with Gasteiger partial charge in [0.1, 0.15) is 13.2 Å². The number of carboxylic acid groups (broad SMARTS) is 1. The zero-order valence-corrected chi connectivity index (χ0v) is 10.5. The molecule has 0 aliphatic heterocycles. The van der Waals surface area contributed by atoms with Gasteiger partial charge < -0.3 is 15.2 Å². The summed E-state index contributed by atoms with van der Waals surface area (Å²) < 4.78 is 4.70. The summed E-state index contributed by atoms with van der Waals surface area (Å²) in [5, 5.41) is 11.0. The average molecular weight is 251 g/mol. The van der Waals surface area contributed by atoms with Gasteiger partial charge in [-0.15, -0.1) is 0 Å². The van der Waals surface area contributed by atoms with Gasteiger partial charge in [0.2, 0.25) is 5.91 Å². The first-order valence-electron chi connectivity index (χ1n) is 5.72. The van der Waals surface area contributed by atoms with Crippen LogP contribution < -0.4 is 5.32 Å². The van der Waals surface area contributed by atoms with Crippen molar-refractivity contribution in [3.8, 4) is 0 Å². The van der Waals surface area contributed by atoms with E-state index in [0.717, 1.165) is 6.42 Å². The van der Waals surface area contributed by atoms with E-state index in [4.69, 9.17) is 9.84 Å². The van der Waals surface area contributed by atoms with Gasteiger partial charge in [0.25, 0.3) is 0 Å². The number of nitrogens with one attached hydrogen (secondary N) is 1. The van der Waals surface area contributed by atoms with E-state index in [1.807, 2.05) is 32.0 Å². The van der Waals surface area contributed by atoms with Crippen LogP contribution in [0.3, 0.4) is 0 Å². The van der Waals surface area contributed by atoms with Crippen molar-refractivity contribution in [3.63, 3.8) is 0 Å². The second kappa shape index (κ2) is 6.76. The zero-order valence-electron chi connectivity index (χ0n) is 10.5. The first-order valence-corrected chi connectivity index (χ1v) is 5.72. The van der Waals surface area contributed by atoms with E-state index < -0.39 is 12.6 Å². The highest BCUT2D eigenvalue weighted by atomic mass is 16.5. The van der Waals surface area contributed by atoms with Crippen molar-refractivity contribution in [3.05, 3.63) is 29.3 Å². The molecule has 0 aromatic heterocycles. The molecular weight excluding hydrogens is 234 g/mol. The van der Waals surface area contributed by atoms with Gasteiger partial charge in [-0.05, 0) is 36.6 Å². The van der Waals surface area contributed by atoms with Gasteiger partial charge >= 0.3 is 5.97 Å². The number of anilines is 1. The van der Waals surface area contributed by atoms with Crippen LogP contribution in [0.15, 0.2) is 18.2 Å². The molecule has 0 aliphatic carbocycles. The van der Waals surface area contributed by atoms with E-state index in [0.29, 0.717) is 5.69 Å². The summed E-state index contributed by atoms with van der Waals surface area (Å²) in [5.41, 5.74) is 3.04. The van der Waals surface area contributed by atoms with E-state index >= 15 is 0 Å². The van der Waals surface area contributed by atoms with Crippen LogP contribution in [0.5, 0.6) is 0 Å². The van der Waals surface area contributed by atoms with Crippen LogP contribution in [0.4, 0.5) is 5.69 Å². The van der Waals surface area contributed by atoms with Crippen molar-refractivity contribution in [1.29, 1.82) is 0 Å². The number of hydrogen-bond donors (Lipinski definition) is 2. The minimum Gasteiger partial charge on any atom is -0.480 e. The molecule has 5 heteroatoms. The van der Waals surface area contributed by atoms with Gasteiger partial charge in [0.15, 0.2) is 0 Å². The normalized spacial score (nSPS) is 10.1. The molecule has 18 heavy (non-hydrogen) atoms. The molecule has 1 rings (SSSR count). The van der Waals surface area contributed by atoms with E-state index in [1.54, 1.807) is 0 Å². The highest BCUT2D eigenvalue weighted by Crippen LogP contribution is 2.15. The SMILES string of the molecule is CCc1cc(NC(=O)COCC(=O)O)ccc1C. The van der Waals surface area contributed by atoms with Crippen molar-refractivity contribution in [2.24, 2.45) is 0 Å². The fraction of sp³-hybridized carbons (Fsp3) is 0.385. The maximum absolute atomic E-state index is 11.4. The number of ether oxygens (including phenoxy) is 1. The lowest BCUT2D eigenvalue weighted by Crippen LogP contribution is -2.20. The standard InChI is InChI=1S/C13H17NO4/c1-3-10-6-11(5-4-9(10)2)14-12(15)7-18-8-13(16)17/h4-6H,3,7-8H2,1-2H3,(H,14,15)(H,16,17). The van der Waals surface area contributed by atoms with Gasteiger partial charge in [-0.25, -0.2) is 4.79 Å². The summed E-state index contributed by atoms with van der Waals surface area (Å²) in [6.07, 6.45) is 0.894. The monoisotopic (exact) mass is 251 g/mol. The molecule has 0 saturated carbocycles. The molecule has 98 valence electrons. The van der Waals surface area contributed by atoms with Crippen LogP contribution in [0.2, 0.25) is 0 Å². The van der Waals surface area contributed by atoms with Crippen molar-refractivity contribution in [1.82, 2.24) is 0 Å². The van der Waals surface area contributed by atoms with Gasteiger partial charge in [0, 0.05) is 5.69 Å². The molecule has 0 saturated heterocycles. The minimum absolute atomic E-state index is 0.262. The highest BCUT2D eigenvalue weighted by Gasteiger charge is 2.05. The number of carboxylic acids is 1. The maximum Gasteiger partial charge on any atom is 0.329 e. The number of carbonyl (C=O) groups excluding carboxylic acids is 1. The van der Waals surface area contributed by atoms with Gasteiger partial charge in [-0.3, -0.25) is 4.79 Å². The molecule has 0 spiro atoms. The summed E-state index contributed by atoms with van der Waals surface area (Å²) in [5.74, 6) is -1.45. The molecule has 0 bridgehead atoms. The highest BCUT2D eigenvalue weighted by molar-refractivity contribution is 5.91. The summed E-state index contributed by atoms with van der Waals surface area (Å²) >= 11 is 0. The quantitative estimate of drug-likeness (QED) is 0.805. The van der Waals surface area contributed by atoms with Crippen molar-refractivity contribution < 1.29 is 19.4 Å². The molecule has 0 heterocycles. The Hall–Kier alpha value is -1.88. The van der Waals surface area contributed by atoms with Gasteiger partial charge in [0.05, 0.1) is 0 Å². The molecule has 0 unspecified atom stereocenters. The predicted molar refractivity (Wildman–Crippen MR) is 67.6 cm³/mol. The molecule has 0 radical (unpaired) electrons. The number of hydrogen-bond acceptors (Lipinski definition) is 3. The number of rotatable bonds is 6. The first-order chi connectivity index (χ1) is 8.52. The molecule has 0 fully saturated rings. The molecule has 5 nitrogen and oxygen atoms in total. The molecule has 0 aliphatic rings. The van der Waals surface area contributed by atoms with Crippen LogP contribution >= 0.6 is 0 Å². The van der Waals surface area contributed by atoms with Crippen LogP contribution in [-0.2, 0) is 20.7 Å². The Balaban J connectivity index is 2.51. The van der Waals surface area contributed by atoms with E-state index in [9.17, 15) is 9.59 Å². The summed E-state index contributed by atoms with van der Waals surface area (Å²) in [6, 6.07) is 5.65. The van der Waals surface area contributed by atoms with E-state index in [-0.39, 0.29) is 12.5 Å². The third kappa shape index (κ3) is 4.55. The van der Waals surface area contributed by atoms with Crippen molar-refractivity contribution in [2.45, 2.75) is 20.3 Å². The Labute approximate surface area is 106 Å². The third-order valence-electron chi connectivity index (χ3n) is 2.47. The number of amides is 1. The smallest absolute Gasteiger partial charge is 0.329 e. The minimum atomic E-state index is -1.09. The molecule has 1 amide bonds. The second-order valence-corrected chi connectivity index (χ2v) is 3.93. The Morgan fingerprint density at radius 3 is 2.67 bits per heavy atom. The topological polar surface area (TPSA) is 75.6 Å². The Morgan fingerprint density at radius 1 is 1.33 bits per heavy atom. The van der Waals surface area contributed by atoms with E-state index in [1.165, 1.54) is 11.1 Å². The Morgan fingerprint density at radius 2 is 2.06 bits per heavy atom. The lowest BCUT2D eigenvalue weighted by molar-refractivity contribution is -0.143. The lowest BCUT2D eigenvalue weighted by Gasteiger charge is -2.08. The Bertz CT molecular complexity index is 443. The number of aryl methyl sites for hydroxylation is 2. The van der Waals surface area contributed by atoms with Crippen molar-refractivity contribution >= 4 is 17.6 Å². The van der Waals surface area contributed by atoms with Crippen LogP contribution in [-0.4, -0.2) is 30.2 Å². The zero-order chi connectivity index (χ0) is 13.5. The molecule has 2 N–H and O–H groups in total. The number of carbonyl (C=O) groups is 2. The predicted octanol–water partition coefficient (Wildman–Crippen LogP) is 1.60. The fourth-order valence-electron chi connectivity index (χ4n) is 1.56. The number of aliphatic carboxylic acids is 1. The fourth-order valence-corrected chi connectivity index (χ4v) is 1.56. The number of benzene rings is 1.